The lowest BCUT2D eigenvalue weighted by Gasteiger charge is -2.09. The molecule has 1 aromatic carbocycles. The number of methoxy groups -OCH3 is 3. The minimum Gasteiger partial charge on any atom is -0.493 e. The summed E-state index contributed by atoms with van der Waals surface area (Å²) in [6.07, 6.45) is 0. The van der Waals surface area contributed by atoms with Gasteiger partial charge in [0, 0.05) is 6.07 Å². The Hall–Kier alpha value is -2.31. The van der Waals surface area contributed by atoms with Crippen LogP contribution in [0.2, 0.25) is 0 Å². The van der Waals surface area contributed by atoms with Crippen molar-refractivity contribution in [1.82, 2.24) is 0 Å². The molecule has 0 radical (unpaired) electrons. The number of carbonyl (C=O) groups is 1. The minimum atomic E-state index is -2.81. The van der Waals surface area contributed by atoms with E-state index in [-0.39, 0.29) is 17.1 Å². The molecule has 0 fully saturated rings. The zero-order valence-electron chi connectivity index (χ0n) is 12.1. The Morgan fingerprint density at radius 1 is 1.35 bits per heavy atom. The molecular weight excluding hydrogens is 230 g/mol. The number of ether oxygens (including phenoxy) is 3. The second-order valence-electron chi connectivity index (χ2n) is 2.87. The second kappa shape index (κ2) is 5.15. The summed E-state index contributed by atoms with van der Waals surface area (Å²) in [5.74, 6) is -1.45. The summed E-state index contributed by atoms with van der Waals surface area (Å²) in [5, 5.41) is 10.9. The number of nitro groups is 1. The average Bonchev–Trinajstić information content (AvgIpc) is 2.35. The topological polar surface area (TPSA) is 87.9 Å². The third-order valence-electron chi connectivity index (χ3n) is 1.99. The number of benzene rings is 1. The maximum absolute atomic E-state index is 11.5. The number of nitrogens with zero attached hydrogens (tertiary/aromatic N) is 1. The van der Waals surface area contributed by atoms with Crippen molar-refractivity contribution in [2.45, 2.75) is 0 Å². The smallest absolute Gasteiger partial charge is 0.345 e. The van der Waals surface area contributed by atoms with Crippen molar-refractivity contribution in [2.75, 3.05) is 21.3 Å². The fraction of sp³-hybridized carbons (Fsp3) is 0.300. The molecule has 0 heterocycles. The van der Waals surface area contributed by atoms with Crippen LogP contribution < -0.4 is 9.47 Å². The van der Waals surface area contributed by atoms with E-state index in [2.05, 4.69) is 9.47 Å². The first-order valence-corrected chi connectivity index (χ1v) is 4.33. The fourth-order valence-corrected chi connectivity index (χ4v) is 1.21. The molecule has 0 saturated carbocycles. The van der Waals surface area contributed by atoms with E-state index in [0.717, 1.165) is 19.2 Å². The average molecular weight is 244 g/mol. The Balaban J connectivity index is 3.45. The van der Waals surface area contributed by atoms with Crippen LogP contribution in [0.15, 0.2) is 12.1 Å². The number of esters is 1. The quantitative estimate of drug-likeness (QED) is 0.452. The normalized spacial score (nSPS) is 12.9. The lowest BCUT2D eigenvalue weighted by Crippen LogP contribution is -2.07. The number of hydrogen-bond acceptors (Lipinski definition) is 6. The van der Waals surface area contributed by atoms with Gasteiger partial charge >= 0.3 is 5.97 Å². The van der Waals surface area contributed by atoms with Crippen molar-refractivity contribution in [3.63, 3.8) is 0 Å². The fourth-order valence-electron chi connectivity index (χ4n) is 1.21. The van der Waals surface area contributed by atoms with E-state index < -0.39 is 23.6 Å². The molecule has 0 unspecified atom stereocenters. The minimum absolute atomic E-state index is 0.132. The molecular formula is C10H11NO6. The van der Waals surface area contributed by atoms with Crippen LogP contribution in [0.3, 0.4) is 0 Å². The van der Waals surface area contributed by atoms with Crippen LogP contribution in [0.4, 0.5) is 5.69 Å². The van der Waals surface area contributed by atoms with Gasteiger partial charge < -0.3 is 14.2 Å². The first-order valence-electron chi connectivity index (χ1n) is 5.83. The largest absolute Gasteiger partial charge is 0.493 e. The SMILES string of the molecule is [2H]C([2H])([2H])Oc1cc([N+](=O)[O-])c(C(=O)OC)cc1OC. The monoisotopic (exact) mass is 244 g/mol. The lowest BCUT2D eigenvalue weighted by molar-refractivity contribution is -0.385. The van der Waals surface area contributed by atoms with Crippen LogP contribution in [0.25, 0.3) is 0 Å². The molecule has 7 nitrogen and oxygen atoms in total. The molecule has 0 aromatic heterocycles. The molecule has 0 N–H and O–H groups in total. The molecule has 0 amide bonds. The van der Waals surface area contributed by atoms with Gasteiger partial charge in [-0.1, -0.05) is 0 Å². The summed E-state index contributed by atoms with van der Waals surface area (Å²) < 4.78 is 34.8. The molecule has 0 spiro atoms. The molecule has 0 aliphatic heterocycles. The second-order valence-corrected chi connectivity index (χ2v) is 2.87. The molecule has 1 aromatic rings. The van der Waals surface area contributed by atoms with Crippen LogP contribution in [-0.2, 0) is 4.74 Å². The summed E-state index contributed by atoms with van der Waals surface area (Å²) in [7, 11) is -0.548. The van der Waals surface area contributed by atoms with Gasteiger partial charge in [-0.3, -0.25) is 10.1 Å². The van der Waals surface area contributed by atoms with Crippen molar-refractivity contribution in [3.8, 4) is 11.5 Å². The van der Waals surface area contributed by atoms with Crippen molar-refractivity contribution >= 4 is 11.7 Å². The van der Waals surface area contributed by atoms with E-state index in [1.165, 1.54) is 7.11 Å². The summed E-state index contributed by atoms with van der Waals surface area (Å²) in [6, 6.07) is 1.79. The standard InChI is InChI=1S/C10H11NO6/c1-15-8-4-6(10(12)17-3)7(11(13)14)5-9(8)16-2/h4-5H,1-3H3/i2D3. The van der Waals surface area contributed by atoms with Gasteiger partial charge in [0.15, 0.2) is 11.5 Å². The van der Waals surface area contributed by atoms with Gasteiger partial charge in [-0.25, -0.2) is 4.79 Å². The molecule has 0 atom stereocenters. The van der Waals surface area contributed by atoms with Gasteiger partial charge in [0.1, 0.15) is 5.56 Å². The number of rotatable bonds is 4. The number of hydrogen-bond donors (Lipinski definition) is 0. The van der Waals surface area contributed by atoms with Gasteiger partial charge in [-0.2, -0.15) is 0 Å². The highest BCUT2D eigenvalue weighted by Gasteiger charge is 2.24. The van der Waals surface area contributed by atoms with E-state index in [0.29, 0.717) is 0 Å². The molecule has 0 bridgehead atoms. The summed E-state index contributed by atoms with van der Waals surface area (Å²) >= 11 is 0. The van der Waals surface area contributed by atoms with Crippen LogP contribution in [-0.4, -0.2) is 32.2 Å². The summed E-state index contributed by atoms with van der Waals surface area (Å²) in [5.41, 5.74) is -1.01. The van der Waals surface area contributed by atoms with Gasteiger partial charge in [0.2, 0.25) is 0 Å². The van der Waals surface area contributed by atoms with E-state index in [1.54, 1.807) is 0 Å². The van der Waals surface area contributed by atoms with Gasteiger partial charge in [0.05, 0.1) is 36.4 Å². The van der Waals surface area contributed by atoms with Crippen LogP contribution in [0, 0.1) is 10.1 Å². The van der Waals surface area contributed by atoms with Gasteiger partial charge in [-0.05, 0) is 0 Å². The van der Waals surface area contributed by atoms with Crippen molar-refractivity contribution in [2.24, 2.45) is 0 Å². The molecule has 0 aliphatic carbocycles. The zero-order valence-corrected chi connectivity index (χ0v) is 9.05. The molecule has 92 valence electrons. The van der Waals surface area contributed by atoms with Crippen molar-refractivity contribution in [3.05, 3.63) is 27.8 Å². The predicted molar refractivity (Wildman–Crippen MR) is 57.5 cm³/mol. The highest BCUT2D eigenvalue weighted by Crippen LogP contribution is 2.34. The molecule has 0 aliphatic rings. The number of carbonyl (C=O) groups excluding carboxylic acids is 1. The maximum Gasteiger partial charge on any atom is 0.345 e. The Kier molecular flexibility index (Phi) is 2.67. The first-order chi connectivity index (χ1) is 9.19. The lowest BCUT2D eigenvalue weighted by atomic mass is 10.1. The van der Waals surface area contributed by atoms with Crippen LogP contribution in [0.1, 0.15) is 14.5 Å². The highest BCUT2D eigenvalue weighted by molar-refractivity contribution is 5.94. The van der Waals surface area contributed by atoms with Crippen LogP contribution in [0.5, 0.6) is 11.5 Å². The molecule has 1 rings (SSSR count). The Morgan fingerprint density at radius 2 is 2.00 bits per heavy atom. The number of nitro benzene ring substituents is 1. The molecule has 7 heteroatoms. The summed E-state index contributed by atoms with van der Waals surface area (Å²) in [4.78, 5) is 21.5. The highest BCUT2D eigenvalue weighted by atomic mass is 16.6. The molecule has 0 saturated heterocycles. The predicted octanol–water partition coefficient (Wildman–Crippen LogP) is 1.40. The van der Waals surface area contributed by atoms with Crippen molar-refractivity contribution in [1.29, 1.82) is 0 Å². The Labute approximate surface area is 101 Å². The third kappa shape index (κ3) is 2.44. The maximum atomic E-state index is 11.5. The van der Waals surface area contributed by atoms with E-state index >= 15 is 0 Å². The zero-order chi connectivity index (χ0) is 15.5. The first kappa shape index (κ1) is 8.80. The molecule has 17 heavy (non-hydrogen) atoms. The van der Waals surface area contributed by atoms with Gasteiger partial charge in [-0.15, -0.1) is 0 Å². The van der Waals surface area contributed by atoms with E-state index in [1.807, 2.05) is 0 Å². The Morgan fingerprint density at radius 3 is 2.47 bits per heavy atom. The van der Waals surface area contributed by atoms with E-state index in [9.17, 15) is 14.9 Å². The summed E-state index contributed by atoms with van der Waals surface area (Å²) in [6.45, 7) is 0. The van der Waals surface area contributed by atoms with Crippen LogP contribution >= 0.6 is 0 Å². The van der Waals surface area contributed by atoms with E-state index in [4.69, 9.17) is 8.85 Å². The third-order valence-corrected chi connectivity index (χ3v) is 1.99. The Bertz CT molecular complexity index is 543. The van der Waals surface area contributed by atoms with Gasteiger partial charge in [0.25, 0.3) is 5.69 Å². The van der Waals surface area contributed by atoms with Crippen molar-refractivity contribution < 1.29 is 28.0 Å².